The van der Waals surface area contributed by atoms with Crippen LogP contribution in [-0.4, -0.2) is 32.0 Å². The van der Waals surface area contributed by atoms with Crippen molar-refractivity contribution in [2.24, 2.45) is 5.92 Å². The van der Waals surface area contributed by atoms with Crippen LogP contribution in [0.25, 0.3) is 0 Å². The number of carbonyl (C=O) groups is 3. The Labute approximate surface area is 161 Å². The van der Waals surface area contributed by atoms with Crippen molar-refractivity contribution < 1.29 is 23.9 Å². The summed E-state index contributed by atoms with van der Waals surface area (Å²) in [7, 11) is 2.76. The molecular formula is C19H22N2O5S. The van der Waals surface area contributed by atoms with Crippen molar-refractivity contribution in [2.45, 2.75) is 20.8 Å². The molecule has 7 nitrogen and oxygen atoms in total. The third kappa shape index (κ3) is 4.46. The first-order valence-corrected chi connectivity index (χ1v) is 9.08. The zero-order chi connectivity index (χ0) is 20.1. The van der Waals surface area contributed by atoms with Crippen LogP contribution in [0, 0.1) is 12.8 Å². The lowest BCUT2D eigenvalue weighted by Gasteiger charge is -2.09. The second kappa shape index (κ2) is 8.68. The van der Waals surface area contributed by atoms with E-state index >= 15 is 0 Å². The van der Waals surface area contributed by atoms with E-state index in [1.165, 1.54) is 14.2 Å². The smallest absolute Gasteiger partial charge is 0.341 e. The topological polar surface area (TPSA) is 93.7 Å². The number of thiophene rings is 1. The van der Waals surface area contributed by atoms with Crippen LogP contribution in [0.2, 0.25) is 0 Å². The lowest BCUT2D eigenvalue weighted by atomic mass is 10.1. The van der Waals surface area contributed by atoms with E-state index in [9.17, 15) is 14.4 Å². The zero-order valence-electron chi connectivity index (χ0n) is 15.8. The molecule has 0 aliphatic carbocycles. The number of esters is 1. The van der Waals surface area contributed by atoms with Crippen LogP contribution in [0.15, 0.2) is 24.3 Å². The van der Waals surface area contributed by atoms with Crippen molar-refractivity contribution in [1.29, 1.82) is 0 Å². The molecule has 1 aromatic carbocycles. The van der Waals surface area contributed by atoms with Gasteiger partial charge in [-0.3, -0.25) is 9.59 Å². The van der Waals surface area contributed by atoms with Crippen molar-refractivity contribution in [3.63, 3.8) is 0 Å². The summed E-state index contributed by atoms with van der Waals surface area (Å²) in [5.41, 5.74) is 1.13. The first-order chi connectivity index (χ1) is 12.8. The van der Waals surface area contributed by atoms with Crippen LogP contribution in [-0.2, 0) is 9.53 Å². The van der Waals surface area contributed by atoms with Crippen molar-refractivity contribution in [1.82, 2.24) is 0 Å². The molecule has 0 fully saturated rings. The van der Waals surface area contributed by atoms with Gasteiger partial charge in [0.2, 0.25) is 5.91 Å². The van der Waals surface area contributed by atoms with E-state index < -0.39 is 11.9 Å². The molecule has 2 amide bonds. The Morgan fingerprint density at radius 3 is 2.33 bits per heavy atom. The minimum atomic E-state index is -0.612. The fourth-order valence-electron chi connectivity index (χ4n) is 2.35. The summed E-state index contributed by atoms with van der Waals surface area (Å²) in [5, 5.41) is 5.77. The predicted molar refractivity (Wildman–Crippen MR) is 105 cm³/mol. The standard InChI is InChI=1S/C19H22N2O5S/c1-10(2)16(22)21-18-14(19(24)26-5)11(3)15(27-18)17(23)20-12-8-6-7-9-13(12)25-4/h6-10H,1-5H3,(H,20,23)(H,21,22). The molecule has 0 aliphatic rings. The van der Waals surface area contributed by atoms with E-state index in [0.29, 0.717) is 26.9 Å². The number of ether oxygens (including phenoxy) is 2. The first-order valence-electron chi connectivity index (χ1n) is 8.27. The number of rotatable bonds is 6. The van der Waals surface area contributed by atoms with Crippen molar-refractivity contribution in [3.8, 4) is 5.75 Å². The Morgan fingerprint density at radius 1 is 1.07 bits per heavy atom. The highest BCUT2D eigenvalue weighted by Gasteiger charge is 2.27. The van der Waals surface area contributed by atoms with Gasteiger partial charge in [-0.1, -0.05) is 26.0 Å². The average molecular weight is 390 g/mol. The molecule has 1 heterocycles. The van der Waals surface area contributed by atoms with Gasteiger partial charge in [0, 0.05) is 5.92 Å². The highest BCUT2D eigenvalue weighted by molar-refractivity contribution is 7.18. The van der Waals surface area contributed by atoms with Gasteiger partial charge in [0.25, 0.3) is 5.91 Å². The number of hydrogen-bond acceptors (Lipinski definition) is 6. The molecule has 2 rings (SSSR count). The molecule has 0 spiro atoms. The maximum atomic E-state index is 12.8. The fourth-order valence-corrected chi connectivity index (χ4v) is 3.44. The molecule has 8 heteroatoms. The van der Waals surface area contributed by atoms with Gasteiger partial charge in [-0.25, -0.2) is 4.79 Å². The molecular weight excluding hydrogens is 368 g/mol. The van der Waals surface area contributed by atoms with Crippen LogP contribution >= 0.6 is 11.3 Å². The number of benzene rings is 1. The summed E-state index contributed by atoms with van der Waals surface area (Å²) in [6.07, 6.45) is 0. The molecule has 2 N–H and O–H groups in total. The van der Waals surface area contributed by atoms with Crippen LogP contribution in [0.4, 0.5) is 10.7 Å². The largest absolute Gasteiger partial charge is 0.495 e. The Bertz CT molecular complexity index is 873. The zero-order valence-corrected chi connectivity index (χ0v) is 16.7. The molecule has 0 atom stereocenters. The van der Waals surface area contributed by atoms with E-state index in [-0.39, 0.29) is 17.4 Å². The first kappa shape index (κ1) is 20.4. The van der Waals surface area contributed by atoms with Gasteiger partial charge in [0.1, 0.15) is 10.8 Å². The SMILES string of the molecule is COC(=O)c1c(NC(=O)C(C)C)sc(C(=O)Nc2ccccc2OC)c1C. The summed E-state index contributed by atoms with van der Waals surface area (Å²) < 4.78 is 10.0. The quantitative estimate of drug-likeness (QED) is 0.734. The van der Waals surface area contributed by atoms with Crippen molar-refractivity contribution in [3.05, 3.63) is 40.3 Å². The summed E-state index contributed by atoms with van der Waals surface area (Å²) >= 11 is 1.03. The minimum absolute atomic E-state index is 0.182. The lowest BCUT2D eigenvalue weighted by molar-refractivity contribution is -0.118. The van der Waals surface area contributed by atoms with E-state index in [2.05, 4.69) is 10.6 Å². The fraction of sp³-hybridized carbons (Fsp3) is 0.316. The van der Waals surface area contributed by atoms with Gasteiger partial charge in [-0.2, -0.15) is 0 Å². The molecule has 0 unspecified atom stereocenters. The number of para-hydroxylation sites is 2. The molecule has 27 heavy (non-hydrogen) atoms. The van der Waals surface area contributed by atoms with Crippen LogP contribution in [0.5, 0.6) is 5.75 Å². The number of carbonyl (C=O) groups excluding carboxylic acids is 3. The second-order valence-corrected chi connectivity index (χ2v) is 7.07. The highest BCUT2D eigenvalue weighted by atomic mass is 32.1. The van der Waals surface area contributed by atoms with Crippen LogP contribution < -0.4 is 15.4 Å². The lowest BCUT2D eigenvalue weighted by Crippen LogP contribution is -2.19. The van der Waals surface area contributed by atoms with Gasteiger partial charge in [0.05, 0.1) is 30.3 Å². The Balaban J connectivity index is 2.41. The van der Waals surface area contributed by atoms with E-state index in [1.807, 2.05) is 0 Å². The number of nitrogens with one attached hydrogen (secondary N) is 2. The summed E-state index contributed by atoms with van der Waals surface area (Å²) in [5.74, 6) is -1.03. The number of anilines is 2. The Kier molecular flexibility index (Phi) is 6.57. The molecule has 2 aromatic rings. The maximum absolute atomic E-state index is 12.8. The molecule has 0 saturated carbocycles. The third-order valence-electron chi connectivity index (χ3n) is 3.86. The second-order valence-electron chi connectivity index (χ2n) is 6.05. The van der Waals surface area contributed by atoms with Gasteiger partial charge in [-0.15, -0.1) is 11.3 Å². The molecule has 1 aromatic heterocycles. The monoisotopic (exact) mass is 390 g/mol. The van der Waals surface area contributed by atoms with Gasteiger partial charge >= 0.3 is 5.97 Å². The highest BCUT2D eigenvalue weighted by Crippen LogP contribution is 2.35. The number of methoxy groups -OCH3 is 2. The van der Waals surface area contributed by atoms with Gasteiger partial charge in [0.15, 0.2) is 0 Å². The van der Waals surface area contributed by atoms with E-state index in [0.717, 1.165) is 11.3 Å². The van der Waals surface area contributed by atoms with E-state index in [4.69, 9.17) is 9.47 Å². The number of hydrogen-bond donors (Lipinski definition) is 2. The molecule has 144 valence electrons. The van der Waals surface area contributed by atoms with Crippen LogP contribution in [0.3, 0.4) is 0 Å². The molecule has 0 radical (unpaired) electrons. The Hall–Kier alpha value is -2.87. The summed E-state index contributed by atoms with van der Waals surface area (Å²) in [4.78, 5) is 37.3. The molecule has 0 aliphatic heterocycles. The van der Waals surface area contributed by atoms with Gasteiger partial charge in [-0.05, 0) is 24.6 Å². The normalized spacial score (nSPS) is 10.4. The minimum Gasteiger partial charge on any atom is -0.495 e. The molecule has 0 saturated heterocycles. The van der Waals surface area contributed by atoms with Gasteiger partial charge < -0.3 is 20.1 Å². The summed E-state index contributed by atoms with van der Waals surface area (Å²) in [6.45, 7) is 5.12. The van der Waals surface area contributed by atoms with Crippen molar-refractivity contribution in [2.75, 3.05) is 24.9 Å². The molecule has 0 bridgehead atoms. The number of amides is 2. The van der Waals surface area contributed by atoms with Crippen molar-refractivity contribution >= 4 is 39.8 Å². The average Bonchev–Trinajstić information content (AvgIpc) is 2.97. The predicted octanol–water partition coefficient (Wildman–Crippen LogP) is 3.70. The Morgan fingerprint density at radius 2 is 1.74 bits per heavy atom. The van der Waals surface area contributed by atoms with E-state index in [1.54, 1.807) is 45.0 Å². The maximum Gasteiger partial charge on any atom is 0.341 e. The van der Waals surface area contributed by atoms with Crippen LogP contribution in [0.1, 0.15) is 39.4 Å². The third-order valence-corrected chi connectivity index (χ3v) is 5.06. The summed E-state index contributed by atoms with van der Waals surface area (Å²) in [6, 6.07) is 7.00.